The molecular weight excluding hydrogens is 238 g/mol. The summed E-state index contributed by atoms with van der Waals surface area (Å²) in [5, 5.41) is 3.96. The number of hydrogen-bond acceptors (Lipinski definition) is 3. The molecule has 1 aromatic rings. The summed E-state index contributed by atoms with van der Waals surface area (Å²) in [7, 11) is 3.60. The highest BCUT2D eigenvalue weighted by molar-refractivity contribution is 6.32. The number of fused-ring (bicyclic) bond motifs is 1. The summed E-state index contributed by atoms with van der Waals surface area (Å²) in [5.41, 5.74) is 2.21. The van der Waals surface area contributed by atoms with E-state index in [0.717, 1.165) is 47.0 Å². The van der Waals surface area contributed by atoms with Gasteiger partial charge in [-0.05, 0) is 38.6 Å². The zero-order chi connectivity index (χ0) is 12.4. The number of rotatable bonds is 4. The van der Waals surface area contributed by atoms with Crippen LogP contribution in [0.2, 0.25) is 5.02 Å². The summed E-state index contributed by atoms with van der Waals surface area (Å²) in [6.07, 6.45) is 1.93. The lowest BCUT2D eigenvalue weighted by atomic mass is 10.0. The monoisotopic (exact) mass is 255 g/mol. The number of methoxy groups -OCH3 is 1. The molecule has 0 spiro atoms. The van der Waals surface area contributed by atoms with Gasteiger partial charge in [0.1, 0.15) is 6.10 Å². The first-order valence-electron chi connectivity index (χ1n) is 5.86. The standard InChI is InChI=1S/C13H18ClNO2/c1-8-6-10-12(14)9(4-5-15-2)7-11(16-3)13(10)17-8/h7-8,15H,4-6H2,1-3H3. The Morgan fingerprint density at radius 3 is 3.00 bits per heavy atom. The van der Waals surface area contributed by atoms with E-state index in [0.29, 0.717) is 0 Å². The Kier molecular flexibility index (Phi) is 3.79. The van der Waals surface area contributed by atoms with Crippen LogP contribution in [-0.2, 0) is 12.8 Å². The Balaban J connectivity index is 2.40. The van der Waals surface area contributed by atoms with Crippen LogP contribution in [0.15, 0.2) is 6.07 Å². The molecule has 1 heterocycles. The summed E-state index contributed by atoms with van der Waals surface area (Å²) in [5.74, 6) is 1.61. The minimum atomic E-state index is 0.177. The molecule has 1 aliphatic heterocycles. The molecule has 0 aromatic heterocycles. The Labute approximate surface area is 107 Å². The van der Waals surface area contributed by atoms with Gasteiger partial charge in [0.05, 0.1) is 12.1 Å². The highest BCUT2D eigenvalue weighted by Gasteiger charge is 2.27. The smallest absolute Gasteiger partial charge is 0.166 e. The molecule has 17 heavy (non-hydrogen) atoms. The second-order valence-corrected chi connectivity index (χ2v) is 4.72. The van der Waals surface area contributed by atoms with Crippen molar-refractivity contribution in [1.82, 2.24) is 5.32 Å². The minimum Gasteiger partial charge on any atom is -0.493 e. The molecule has 1 unspecified atom stereocenters. The van der Waals surface area contributed by atoms with Crippen molar-refractivity contribution >= 4 is 11.6 Å². The van der Waals surface area contributed by atoms with Crippen LogP contribution in [0, 0.1) is 0 Å². The minimum absolute atomic E-state index is 0.177. The summed E-state index contributed by atoms with van der Waals surface area (Å²) in [4.78, 5) is 0. The second-order valence-electron chi connectivity index (χ2n) is 4.35. The number of ether oxygens (including phenoxy) is 2. The van der Waals surface area contributed by atoms with Crippen LogP contribution in [0.1, 0.15) is 18.1 Å². The predicted molar refractivity (Wildman–Crippen MR) is 69.4 cm³/mol. The van der Waals surface area contributed by atoms with Gasteiger partial charge >= 0.3 is 0 Å². The zero-order valence-corrected chi connectivity index (χ0v) is 11.2. The van der Waals surface area contributed by atoms with Crippen LogP contribution in [0.3, 0.4) is 0 Å². The van der Waals surface area contributed by atoms with E-state index in [1.165, 1.54) is 0 Å². The number of likely N-dealkylation sites (N-methyl/N-ethyl adjacent to an activating group) is 1. The first kappa shape index (κ1) is 12.5. The Bertz CT molecular complexity index is 420. The van der Waals surface area contributed by atoms with Crippen LogP contribution < -0.4 is 14.8 Å². The van der Waals surface area contributed by atoms with Gasteiger partial charge in [-0.3, -0.25) is 0 Å². The van der Waals surface area contributed by atoms with Crippen molar-refractivity contribution in [1.29, 1.82) is 0 Å². The maximum Gasteiger partial charge on any atom is 0.166 e. The van der Waals surface area contributed by atoms with Gasteiger partial charge in [-0.1, -0.05) is 11.6 Å². The summed E-state index contributed by atoms with van der Waals surface area (Å²) < 4.78 is 11.1. The fourth-order valence-electron chi connectivity index (χ4n) is 2.16. The van der Waals surface area contributed by atoms with E-state index in [-0.39, 0.29) is 6.10 Å². The number of hydrogen-bond donors (Lipinski definition) is 1. The van der Waals surface area contributed by atoms with Crippen molar-refractivity contribution in [2.75, 3.05) is 20.7 Å². The third-order valence-electron chi connectivity index (χ3n) is 3.02. The van der Waals surface area contributed by atoms with Gasteiger partial charge in [-0.25, -0.2) is 0 Å². The molecule has 0 amide bonds. The predicted octanol–water partition coefficient (Wildman–Crippen LogP) is 2.43. The maximum absolute atomic E-state index is 6.42. The molecule has 0 fully saturated rings. The molecule has 1 aliphatic rings. The van der Waals surface area contributed by atoms with Crippen molar-refractivity contribution in [3.05, 3.63) is 22.2 Å². The third-order valence-corrected chi connectivity index (χ3v) is 3.50. The highest BCUT2D eigenvalue weighted by Crippen LogP contribution is 2.43. The van der Waals surface area contributed by atoms with Crippen LogP contribution in [0.5, 0.6) is 11.5 Å². The van der Waals surface area contributed by atoms with Crippen molar-refractivity contribution in [3.8, 4) is 11.5 Å². The van der Waals surface area contributed by atoms with Crippen LogP contribution in [0.25, 0.3) is 0 Å². The SMILES string of the molecule is CNCCc1cc(OC)c2c(c1Cl)CC(C)O2. The number of halogens is 1. The van der Waals surface area contributed by atoms with E-state index in [1.54, 1.807) is 7.11 Å². The molecular formula is C13H18ClNO2. The van der Waals surface area contributed by atoms with E-state index in [9.17, 15) is 0 Å². The Hall–Kier alpha value is -0.930. The Morgan fingerprint density at radius 1 is 1.59 bits per heavy atom. The van der Waals surface area contributed by atoms with Crippen LogP contribution in [0.4, 0.5) is 0 Å². The van der Waals surface area contributed by atoms with Gasteiger partial charge in [-0.15, -0.1) is 0 Å². The van der Waals surface area contributed by atoms with Gasteiger partial charge in [0.15, 0.2) is 11.5 Å². The molecule has 94 valence electrons. The molecule has 0 bridgehead atoms. The Morgan fingerprint density at radius 2 is 2.35 bits per heavy atom. The summed E-state index contributed by atoms with van der Waals surface area (Å²) in [6, 6.07) is 1.98. The van der Waals surface area contributed by atoms with Crippen LogP contribution >= 0.6 is 11.6 Å². The van der Waals surface area contributed by atoms with Gasteiger partial charge in [0.2, 0.25) is 0 Å². The molecule has 4 heteroatoms. The number of benzene rings is 1. The topological polar surface area (TPSA) is 30.5 Å². The van der Waals surface area contributed by atoms with Gasteiger partial charge in [-0.2, -0.15) is 0 Å². The van der Waals surface area contributed by atoms with Crippen molar-refractivity contribution in [3.63, 3.8) is 0 Å². The fourth-order valence-corrected chi connectivity index (χ4v) is 2.48. The molecule has 0 saturated heterocycles. The van der Waals surface area contributed by atoms with E-state index in [1.807, 2.05) is 20.0 Å². The third kappa shape index (κ3) is 2.35. The average molecular weight is 256 g/mol. The average Bonchev–Trinajstić information content (AvgIpc) is 2.71. The molecule has 1 N–H and O–H groups in total. The molecule has 1 aromatic carbocycles. The molecule has 3 nitrogen and oxygen atoms in total. The van der Waals surface area contributed by atoms with Gasteiger partial charge in [0.25, 0.3) is 0 Å². The first-order valence-corrected chi connectivity index (χ1v) is 6.24. The van der Waals surface area contributed by atoms with Gasteiger partial charge < -0.3 is 14.8 Å². The van der Waals surface area contributed by atoms with E-state index < -0.39 is 0 Å². The fraction of sp³-hybridized carbons (Fsp3) is 0.538. The molecule has 1 atom stereocenters. The molecule has 0 radical (unpaired) electrons. The van der Waals surface area contributed by atoms with Crippen LogP contribution in [-0.4, -0.2) is 26.8 Å². The molecule has 2 rings (SSSR count). The van der Waals surface area contributed by atoms with Crippen molar-refractivity contribution in [2.24, 2.45) is 0 Å². The van der Waals surface area contributed by atoms with E-state index in [4.69, 9.17) is 21.1 Å². The second kappa shape index (κ2) is 5.15. The maximum atomic E-state index is 6.42. The first-order chi connectivity index (χ1) is 8.17. The largest absolute Gasteiger partial charge is 0.493 e. The normalized spacial score (nSPS) is 17.8. The quantitative estimate of drug-likeness (QED) is 0.897. The van der Waals surface area contributed by atoms with Crippen molar-refractivity contribution in [2.45, 2.75) is 25.9 Å². The lowest BCUT2D eigenvalue weighted by molar-refractivity contribution is 0.243. The van der Waals surface area contributed by atoms with Gasteiger partial charge in [0, 0.05) is 12.0 Å². The summed E-state index contributed by atoms with van der Waals surface area (Å²) in [6.45, 7) is 2.95. The molecule has 0 saturated carbocycles. The van der Waals surface area contributed by atoms with E-state index in [2.05, 4.69) is 5.32 Å². The highest BCUT2D eigenvalue weighted by atomic mass is 35.5. The van der Waals surface area contributed by atoms with E-state index >= 15 is 0 Å². The lowest BCUT2D eigenvalue weighted by Gasteiger charge is -2.12. The number of nitrogens with one attached hydrogen (secondary N) is 1. The summed E-state index contributed by atoms with van der Waals surface area (Å²) >= 11 is 6.42. The van der Waals surface area contributed by atoms with Crippen molar-refractivity contribution < 1.29 is 9.47 Å². The zero-order valence-electron chi connectivity index (χ0n) is 10.5. The lowest BCUT2D eigenvalue weighted by Crippen LogP contribution is -2.11. The molecule has 0 aliphatic carbocycles.